The molecule has 0 N–H and O–H groups in total. The normalized spacial score (nSPS) is 14.4. The maximum atomic E-state index is 11.9. The first-order chi connectivity index (χ1) is 8.97. The number of halogens is 1. The highest BCUT2D eigenvalue weighted by Crippen LogP contribution is 2.34. The van der Waals surface area contributed by atoms with Gasteiger partial charge in [-0.05, 0) is 55.0 Å². The molecule has 1 unspecified atom stereocenters. The minimum absolute atomic E-state index is 0.204. The third-order valence-electron chi connectivity index (χ3n) is 3.36. The lowest BCUT2D eigenvalue weighted by atomic mass is 9.92. The highest BCUT2D eigenvalue weighted by molar-refractivity contribution is 9.10. The van der Waals surface area contributed by atoms with Gasteiger partial charge < -0.3 is 9.15 Å². The van der Waals surface area contributed by atoms with Crippen molar-refractivity contribution in [3.63, 3.8) is 0 Å². The fraction of sp³-hybridized carbons (Fsp3) is 0.643. The van der Waals surface area contributed by atoms with Crippen LogP contribution in [0.25, 0.3) is 0 Å². The van der Waals surface area contributed by atoms with Crippen LogP contribution in [0.5, 0.6) is 0 Å². The molecular weight excluding hydrogens is 310 g/mol. The van der Waals surface area contributed by atoms with Gasteiger partial charge in [-0.1, -0.05) is 13.8 Å². The van der Waals surface area contributed by atoms with E-state index >= 15 is 0 Å². The Labute approximate surface area is 123 Å². The molecule has 0 spiro atoms. The topological polar surface area (TPSA) is 42.7 Å². The first-order valence-electron chi connectivity index (χ1n) is 6.64. The van der Waals surface area contributed by atoms with Crippen molar-refractivity contribution in [2.75, 3.05) is 19.7 Å². The second-order valence-electron chi connectivity index (χ2n) is 4.53. The third-order valence-corrected chi connectivity index (χ3v) is 3.79. The third kappa shape index (κ3) is 3.83. The van der Waals surface area contributed by atoms with Crippen molar-refractivity contribution < 1.29 is 13.9 Å². The Bertz CT molecular complexity index is 415. The highest BCUT2D eigenvalue weighted by Gasteiger charge is 2.38. The van der Waals surface area contributed by atoms with Gasteiger partial charge in [0.25, 0.3) is 0 Å². The summed E-state index contributed by atoms with van der Waals surface area (Å²) >= 11 is 3.31. The van der Waals surface area contributed by atoms with Crippen LogP contribution in [0.3, 0.4) is 0 Å². The lowest BCUT2D eigenvalue weighted by Crippen LogP contribution is -2.45. The maximum absolute atomic E-state index is 11.9. The quantitative estimate of drug-likeness (QED) is 0.716. The molecule has 108 valence electrons. The average Bonchev–Trinajstić information content (AvgIpc) is 2.78. The molecule has 0 aliphatic heterocycles. The van der Waals surface area contributed by atoms with E-state index in [1.807, 2.05) is 26.0 Å². The van der Waals surface area contributed by atoms with Crippen molar-refractivity contribution in [2.45, 2.75) is 39.7 Å². The molecule has 1 atom stereocenters. The van der Waals surface area contributed by atoms with Gasteiger partial charge in [0.1, 0.15) is 5.76 Å². The summed E-state index contributed by atoms with van der Waals surface area (Å²) in [6.07, 6.45) is 0.280. The van der Waals surface area contributed by atoms with E-state index in [0.29, 0.717) is 11.3 Å². The van der Waals surface area contributed by atoms with Crippen molar-refractivity contribution in [1.82, 2.24) is 4.90 Å². The summed E-state index contributed by atoms with van der Waals surface area (Å²) in [5.41, 5.74) is -0.484. The molecule has 1 aromatic rings. The lowest BCUT2D eigenvalue weighted by Gasteiger charge is -2.38. The van der Waals surface area contributed by atoms with E-state index in [0.717, 1.165) is 18.8 Å². The minimum Gasteiger partial charge on any atom is -0.466 e. The van der Waals surface area contributed by atoms with Crippen LogP contribution in [0.4, 0.5) is 0 Å². The Morgan fingerprint density at radius 2 is 2.00 bits per heavy atom. The number of hydrogen-bond acceptors (Lipinski definition) is 4. The van der Waals surface area contributed by atoms with Crippen LogP contribution in [-0.2, 0) is 15.1 Å². The number of hydrogen-bond donors (Lipinski definition) is 0. The summed E-state index contributed by atoms with van der Waals surface area (Å²) < 4.78 is 11.4. The summed E-state index contributed by atoms with van der Waals surface area (Å²) in [7, 11) is 0. The van der Waals surface area contributed by atoms with Crippen molar-refractivity contribution in [1.29, 1.82) is 0 Å². The molecule has 0 aromatic carbocycles. The van der Waals surface area contributed by atoms with Gasteiger partial charge in [-0.3, -0.25) is 9.69 Å². The molecule has 1 heterocycles. The molecule has 0 bridgehead atoms. The SMILES string of the molecule is CCOC(=O)CC(C)(c1ccc(Br)o1)N(CC)CC. The van der Waals surface area contributed by atoms with Crippen LogP contribution in [0.1, 0.15) is 39.9 Å². The van der Waals surface area contributed by atoms with E-state index in [1.165, 1.54) is 0 Å². The van der Waals surface area contributed by atoms with Gasteiger partial charge in [0.15, 0.2) is 4.67 Å². The fourth-order valence-electron chi connectivity index (χ4n) is 2.37. The van der Waals surface area contributed by atoms with Crippen LogP contribution in [0.2, 0.25) is 0 Å². The summed E-state index contributed by atoms with van der Waals surface area (Å²) in [5.74, 6) is 0.570. The van der Waals surface area contributed by atoms with Gasteiger partial charge in [0.05, 0.1) is 18.6 Å². The zero-order valence-electron chi connectivity index (χ0n) is 12.0. The Hall–Kier alpha value is -0.810. The molecule has 19 heavy (non-hydrogen) atoms. The predicted octanol–water partition coefficient (Wildman–Crippen LogP) is 3.55. The van der Waals surface area contributed by atoms with E-state index < -0.39 is 5.54 Å². The minimum atomic E-state index is -0.484. The van der Waals surface area contributed by atoms with Crippen LogP contribution >= 0.6 is 15.9 Å². The molecule has 4 nitrogen and oxygen atoms in total. The number of carbonyl (C=O) groups is 1. The molecule has 0 radical (unpaired) electrons. The molecular formula is C14H22BrNO3. The van der Waals surface area contributed by atoms with E-state index in [9.17, 15) is 4.79 Å². The summed E-state index contributed by atoms with van der Waals surface area (Å²) in [4.78, 5) is 14.1. The highest BCUT2D eigenvalue weighted by atomic mass is 79.9. The standard InChI is InChI=1S/C14H22BrNO3/c1-5-16(6-2)14(4,10-13(17)18-7-3)11-8-9-12(15)19-11/h8-9H,5-7,10H2,1-4H3. The number of carbonyl (C=O) groups excluding carboxylic acids is 1. The van der Waals surface area contributed by atoms with Crippen LogP contribution < -0.4 is 0 Å². The Kier molecular flexibility index (Phi) is 6.07. The molecule has 0 fully saturated rings. The number of ether oxygens (including phenoxy) is 1. The maximum Gasteiger partial charge on any atom is 0.308 e. The first kappa shape index (κ1) is 16.2. The van der Waals surface area contributed by atoms with Crippen LogP contribution in [0, 0.1) is 0 Å². The largest absolute Gasteiger partial charge is 0.466 e. The zero-order valence-corrected chi connectivity index (χ0v) is 13.6. The number of esters is 1. The molecule has 0 amide bonds. The monoisotopic (exact) mass is 331 g/mol. The van der Waals surface area contributed by atoms with Crippen LogP contribution in [-0.4, -0.2) is 30.6 Å². The second-order valence-corrected chi connectivity index (χ2v) is 5.31. The van der Waals surface area contributed by atoms with Crippen molar-refractivity contribution in [3.05, 3.63) is 22.6 Å². The fourth-order valence-corrected chi connectivity index (χ4v) is 2.68. The van der Waals surface area contributed by atoms with Gasteiger partial charge in [0.2, 0.25) is 0 Å². The molecule has 1 rings (SSSR count). The molecule has 0 aliphatic rings. The van der Waals surface area contributed by atoms with Gasteiger partial charge in [-0.2, -0.15) is 0 Å². The van der Waals surface area contributed by atoms with Crippen molar-refractivity contribution in [2.24, 2.45) is 0 Å². The van der Waals surface area contributed by atoms with Gasteiger partial charge in [0, 0.05) is 0 Å². The zero-order chi connectivity index (χ0) is 14.5. The number of nitrogens with zero attached hydrogens (tertiary/aromatic N) is 1. The predicted molar refractivity (Wildman–Crippen MR) is 77.9 cm³/mol. The summed E-state index contributed by atoms with van der Waals surface area (Å²) in [6.45, 7) is 10.1. The first-order valence-corrected chi connectivity index (χ1v) is 7.43. The van der Waals surface area contributed by atoms with E-state index in [-0.39, 0.29) is 12.4 Å². The lowest BCUT2D eigenvalue weighted by molar-refractivity contribution is -0.147. The molecule has 0 saturated heterocycles. The Morgan fingerprint density at radius 1 is 1.37 bits per heavy atom. The summed E-state index contributed by atoms with van der Waals surface area (Å²) in [5, 5.41) is 0. The smallest absolute Gasteiger partial charge is 0.308 e. The van der Waals surface area contributed by atoms with Gasteiger partial charge in [-0.15, -0.1) is 0 Å². The van der Waals surface area contributed by atoms with Crippen molar-refractivity contribution >= 4 is 21.9 Å². The molecule has 0 saturated carbocycles. The number of furan rings is 1. The Balaban J connectivity index is 3.05. The number of rotatable bonds is 7. The Morgan fingerprint density at radius 3 is 2.42 bits per heavy atom. The van der Waals surface area contributed by atoms with Crippen LogP contribution in [0.15, 0.2) is 21.2 Å². The van der Waals surface area contributed by atoms with Gasteiger partial charge in [-0.25, -0.2) is 0 Å². The molecule has 5 heteroatoms. The van der Waals surface area contributed by atoms with Crippen molar-refractivity contribution in [3.8, 4) is 0 Å². The summed E-state index contributed by atoms with van der Waals surface area (Å²) in [6, 6.07) is 3.75. The molecule has 1 aromatic heterocycles. The second kappa shape index (κ2) is 7.10. The van der Waals surface area contributed by atoms with E-state index in [2.05, 4.69) is 34.7 Å². The molecule has 0 aliphatic carbocycles. The average molecular weight is 332 g/mol. The van der Waals surface area contributed by atoms with Gasteiger partial charge >= 0.3 is 5.97 Å². The van der Waals surface area contributed by atoms with E-state index in [1.54, 1.807) is 0 Å². The van der Waals surface area contributed by atoms with E-state index in [4.69, 9.17) is 9.15 Å².